The fraction of sp³-hybridized carbons (Fsp3) is 0.409. The molecule has 2 aromatic carbocycles. The third kappa shape index (κ3) is 5.11. The third-order valence-electron chi connectivity index (χ3n) is 4.78. The number of aryl methyl sites for hydroxylation is 1. The molecular formula is C22H28N2O4S2. The maximum absolute atomic E-state index is 12.6. The second-order valence-corrected chi connectivity index (χ2v) is 10.9. The second-order valence-electron chi connectivity index (χ2n) is 8.17. The summed E-state index contributed by atoms with van der Waals surface area (Å²) in [6, 6.07) is 12.6. The van der Waals surface area contributed by atoms with Gasteiger partial charge < -0.3 is 4.74 Å². The van der Waals surface area contributed by atoms with Crippen LogP contribution in [0.4, 0.5) is 0 Å². The minimum atomic E-state index is -3.68. The number of nitrogens with zero attached hydrogens (tertiary/aromatic N) is 1. The Morgan fingerprint density at radius 1 is 1.10 bits per heavy atom. The molecule has 0 bridgehead atoms. The van der Waals surface area contributed by atoms with Crippen LogP contribution in [0.1, 0.15) is 39.7 Å². The maximum atomic E-state index is 12.6. The molecular weight excluding hydrogens is 420 g/mol. The van der Waals surface area contributed by atoms with E-state index in [2.05, 4.69) is 25.5 Å². The van der Waals surface area contributed by atoms with E-state index in [1.807, 2.05) is 31.2 Å². The van der Waals surface area contributed by atoms with Crippen LogP contribution in [0, 0.1) is 0 Å². The standard InChI is InChI=1S/C22H28N2O4S2/c1-5-13-24-19-11-10-18(15-20(19)29-21(24)25)30(26,27)23-12-14-28-17-8-6-16(7-9-17)22(2,3)4/h6-11,15,23H,5,12-14H2,1-4H3. The summed E-state index contributed by atoms with van der Waals surface area (Å²) in [5.74, 6) is 0.700. The lowest BCUT2D eigenvalue weighted by Crippen LogP contribution is -2.28. The number of benzene rings is 2. The van der Waals surface area contributed by atoms with E-state index in [0.717, 1.165) is 23.3 Å². The molecule has 1 heterocycles. The quantitative estimate of drug-likeness (QED) is 0.526. The first kappa shape index (κ1) is 22.5. The van der Waals surface area contributed by atoms with Gasteiger partial charge in [-0.1, -0.05) is 51.2 Å². The Kier molecular flexibility index (Phi) is 6.69. The summed E-state index contributed by atoms with van der Waals surface area (Å²) in [5.41, 5.74) is 2.05. The summed E-state index contributed by atoms with van der Waals surface area (Å²) >= 11 is 1.07. The van der Waals surface area contributed by atoms with Crippen LogP contribution in [0.15, 0.2) is 52.2 Å². The summed E-state index contributed by atoms with van der Waals surface area (Å²) in [7, 11) is -3.68. The van der Waals surface area contributed by atoms with Crippen molar-refractivity contribution in [3.05, 3.63) is 57.7 Å². The van der Waals surface area contributed by atoms with Crippen LogP contribution in [0.3, 0.4) is 0 Å². The fourth-order valence-electron chi connectivity index (χ4n) is 3.13. The average Bonchev–Trinajstić information content (AvgIpc) is 3.00. The van der Waals surface area contributed by atoms with Crippen LogP contribution in [0.2, 0.25) is 0 Å². The van der Waals surface area contributed by atoms with Crippen LogP contribution in [0.5, 0.6) is 5.75 Å². The Labute approximate surface area is 181 Å². The number of nitrogens with one attached hydrogen (secondary N) is 1. The molecule has 0 atom stereocenters. The first-order chi connectivity index (χ1) is 14.1. The molecule has 162 valence electrons. The molecule has 3 rings (SSSR count). The highest BCUT2D eigenvalue weighted by atomic mass is 32.2. The van der Waals surface area contributed by atoms with E-state index in [-0.39, 0.29) is 28.3 Å². The van der Waals surface area contributed by atoms with Gasteiger partial charge in [0.05, 0.1) is 15.1 Å². The molecule has 0 aliphatic carbocycles. The van der Waals surface area contributed by atoms with E-state index >= 15 is 0 Å². The van der Waals surface area contributed by atoms with Crippen LogP contribution in [-0.4, -0.2) is 26.1 Å². The van der Waals surface area contributed by atoms with Crippen molar-refractivity contribution >= 4 is 31.6 Å². The van der Waals surface area contributed by atoms with E-state index in [1.54, 1.807) is 16.7 Å². The fourth-order valence-corrected chi connectivity index (χ4v) is 5.20. The molecule has 0 aliphatic rings. The number of ether oxygens (including phenoxy) is 1. The van der Waals surface area contributed by atoms with Gasteiger partial charge in [-0.2, -0.15) is 0 Å². The molecule has 3 aromatic rings. The van der Waals surface area contributed by atoms with Crippen molar-refractivity contribution in [1.82, 2.24) is 9.29 Å². The Balaban J connectivity index is 1.62. The third-order valence-corrected chi connectivity index (χ3v) is 7.18. The van der Waals surface area contributed by atoms with Gasteiger partial charge in [0.25, 0.3) is 0 Å². The molecule has 0 amide bonds. The van der Waals surface area contributed by atoms with E-state index in [9.17, 15) is 13.2 Å². The first-order valence-corrected chi connectivity index (χ1v) is 12.3. The van der Waals surface area contributed by atoms with Crippen LogP contribution >= 0.6 is 11.3 Å². The van der Waals surface area contributed by atoms with Crippen molar-refractivity contribution in [2.45, 2.75) is 51.0 Å². The van der Waals surface area contributed by atoms with Crippen molar-refractivity contribution in [3.63, 3.8) is 0 Å². The monoisotopic (exact) mass is 448 g/mol. The van der Waals surface area contributed by atoms with Gasteiger partial charge in [-0.05, 0) is 47.7 Å². The summed E-state index contributed by atoms with van der Waals surface area (Å²) in [4.78, 5) is 12.2. The zero-order valence-electron chi connectivity index (χ0n) is 17.8. The van der Waals surface area contributed by atoms with E-state index in [4.69, 9.17) is 4.74 Å². The van der Waals surface area contributed by atoms with Crippen LogP contribution < -0.4 is 14.3 Å². The van der Waals surface area contributed by atoms with Crippen molar-refractivity contribution in [1.29, 1.82) is 0 Å². The van der Waals surface area contributed by atoms with E-state index < -0.39 is 10.0 Å². The van der Waals surface area contributed by atoms with E-state index in [0.29, 0.717) is 17.0 Å². The van der Waals surface area contributed by atoms with Crippen LogP contribution in [0.25, 0.3) is 10.2 Å². The van der Waals surface area contributed by atoms with Crippen molar-refractivity contribution < 1.29 is 13.2 Å². The van der Waals surface area contributed by atoms with Gasteiger partial charge >= 0.3 is 4.87 Å². The molecule has 1 N–H and O–H groups in total. The van der Waals surface area contributed by atoms with Gasteiger partial charge in [0.1, 0.15) is 12.4 Å². The number of sulfonamides is 1. The number of fused-ring (bicyclic) bond motifs is 1. The summed E-state index contributed by atoms with van der Waals surface area (Å²) in [6.07, 6.45) is 0.840. The van der Waals surface area contributed by atoms with E-state index in [1.165, 1.54) is 11.6 Å². The Morgan fingerprint density at radius 2 is 1.80 bits per heavy atom. The molecule has 0 radical (unpaired) electrons. The Bertz CT molecular complexity index is 1170. The topological polar surface area (TPSA) is 77.4 Å². The molecule has 0 spiro atoms. The molecule has 0 saturated heterocycles. The zero-order valence-corrected chi connectivity index (χ0v) is 19.4. The lowest BCUT2D eigenvalue weighted by molar-refractivity contribution is 0.322. The van der Waals surface area contributed by atoms with Gasteiger partial charge in [-0.25, -0.2) is 13.1 Å². The highest BCUT2D eigenvalue weighted by Gasteiger charge is 2.17. The van der Waals surface area contributed by atoms with Crippen molar-refractivity contribution in [2.75, 3.05) is 13.2 Å². The number of hydrogen-bond donors (Lipinski definition) is 1. The molecule has 8 heteroatoms. The molecule has 0 aliphatic heterocycles. The number of aromatic nitrogens is 1. The van der Waals surface area contributed by atoms with Gasteiger partial charge in [0.15, 0.2) is 0 Å². The summed E-state index contributed by atoms with van der Waals surface area (Å²) in [5, 5.41) is 0. The number of rotatable bonds is 8. The second kappa shape index (κ2) is 8.91. The first-order valence-electron chi connectivity index (χ1n) is 9.98. The SMILES string of the molecule is CCCn1c(=O)sc2cc(S(=O)(=O)NCCOc3ccc(C(C)(C)C)cc3)ccc21. The number of hydrogen-bond acceptors (Lipinski definition) is 5. The normalized spacial score (nSPS) is 12.4. The summed E-state index contributed by atoms with van der Waals surface area (Å²) in [6.45, 7) is 9.42. The molecule has 6 nitrogen and oxygen atoms in total. The van der Waals surface area contributed by atoms with Crippen molar-refractivity contribution in [2.24, 2.45) is 0 Å². The lowest BCUT2D eigenvalue weighted by Gasteiger charge is -2.19. The smallest absolute Gasteiger partial charge is 0.308 e. The summed E-state index contributed by atoms with van der Waals surface area (Å²) < 4.78 is 35.8. The minimum absolute atomic E-state index is 0.0692. The Hall–Kier alpha value is -2.16. The average molecular weight is 449 g/mol. The molecule has 30 heavy (non-hydrogen) atoms. The van der Waals surface area contributed by atoms with Crippen molar-refractivity contribution in [3.8, 4) is 5.75 Å². The predicted octanol–water partition coefficient (Wildman–Crippen LogP) is 4.13. The highest BCUT2D eigenvalue weighted by molar-refractivity contribution is 7.89. The van der Waals surface area contributed by atoms with Crippen LogP contribution in [-0.2, 0) is 22.0 Å². The predicted molar refractivity (Wildman–Crippen MR) is 122 cm³/mol. The molecule has 0 unspecified atom stereocenters. The molecule has 1 aromatic heterocycles. The minimum Gasteiger partial charge on any atom is -0.492 e. The largest absolute Gasteiger partial charge is 0.492 e. The maximum Gasteiger partial charge on any atom is 0.308 e. The van der Waals surface area contributed by atoms with Gasteiger partial charge in [0.2, 0.25) is 10.0 Å². The molecule has 0 fully saturated rings. The lowest BCUT2D eigenvalue weighted by atomic mass is 9.87. The highest BCUT2D eigenvalue weighted by Crippen LogP contribution is 2.24. The molecule has 0 saturated carbocycles. The number of thiazole rings is 1. The van der Waals surface area contributed by atoms with Gasteiger partial charge in [-0.15, -0.1) is 0 Å². The van der Waals surface area contributed by atoms with Gasteiger partial charge in [-0.3, -0.25) is 9.36 Å². The Morgan fingerprint density at radius 3 is 2.43 bits per heavy atom. The zero-order chi connectivity index (χ0) is 21.9. The van der Waals surface area contributed by atoms with Gasteiger partial charge in [0, 0.05) is 13.1 Å².